The molecule has 0 spiro atoms. The van der Waals surface area contributed by atoms with Gasteiger partial charge >= 0.3 is 5.97 Å². The Bertz CT molecular complexity index is 305. The number of hydrogen-bond acceptors (Lipinski definition) is 2. The summed E-state index contributed by atoms with van der Waals surface area (Å²) in [7, 11) is 0. The lowest BCUT2D eigenvalue weighted by Gasteiger charge is -2.01. The predicted molar refractivity (Wildman–Crippen MR) is 101 cm³/mol. The minimum Gasteiger partial charge on any atom is -0.466 e. The number of esters is 1. The van der Waals surface area contributed by atoms with E-state index in [-0.39, 0.29) is 5.97 Å². The first-order valence-corrected chi connectivity index (χ1v) is 9.72. The first kappa shape index (κ1) is 21.9. The van der Waals surface area contributed by atoms with Crippen LogP contribution in [0.2, 0.25) is 0 Å². The summed E-state index contributed by atoms with van der Waals surface area (Å²) in [4.78, 5) is 10.6. The predicted octanol–water partition coefficient (Wildman–Crippen LogP) is 6.75. The van der Waals surface area contributed by atoms with Crippen LogP contribution in [0.4, 0.5) is 0 Å². The van der Waals surface area contributed by atoms with E-state index in [2.05, 4.69) is 31.2 Å². The normalized spacial score (nSPS) is 11.6. The van der Waals surface area contributed by atoms with Crippen molar-refractivity contribution in [1.82, 2.24) is 0 Å². The SMILES string of the molecule is CCCCCCCCCCCC/C=C\C=C/CCCOC(C)=O. The Hall–Kier alpha value is -1.05. The molecule has 0 aliphatic carbocycles. The van der Waals surface area contributed by atoms with Crippen molar-refractivity contribution in [3.63, 3.8) is 0 Å². The van der Waals surface area contributed by atoms with Crippen LogP contribution in [0.15, 0.2) is 24.3 Å². The number of carbonyl (C=O) groups is 1. The highest BCUT2D eigenvalue weighted by Crippen LogP contribution is 2.11. The molecule has 0 unspecified atom stereocenters. The Morgan fingerprint density at radius 1 is 0.739 bits per heavy atom. The summed E-state index contributed by atoms with van der Waals surface area (Å²) < 4.78 is 4.88. The third-order valence-electron chi connectivity index (χ3n) is 3.93. The Balaban J connectivity index is 3.17. The monoisotopic (exact) mass is 322 g/mol. The molecule has 0 atom stereocenters. The van der Waals surface area contributed by atoms with Gasteiger partial charge < -0.3 is 4.74 Å². The second kappa shape index (κ2) is 19.0. The van der Waals surface area contributed by atoms with E-state index < -0.39 is 0 Å². The molecule has 0 bridgehead atoms. The van der Waals surface area contributed by atoms with Crippen molar-refractivity contribution < 1.29 is 9.53 Å². The third kappa shape index (κ3) is 21.0. The maximum atomic E-state index is 10.6. The lowest BCUT2D eigenvalue weighted by molar-refractivity contribution is -0.141. The standard InChI is InChI=1S/C21H38O2/c1-3-4-5-6-7-8-9-10-11-12-13-14-15-16-17-18-19-20-23-21(2)22/h14-17H,3-13,18-20H2,1-2H3/b15-14-,17-16-. The van der Waals surface area contributed by atoms with Crippen molar-refractivity contribution in [2.75, 3.05) is 6.61 Å². The van der Waals surface area contributed by atoms with E-state index >= 15 is 0 Å². The van der Waals surface area contributed by atoms with E-state index in [0.29, 0.717) is 6.61 Å². The summed E-state index contributed by atoms with van der Waals surface area (Å²) in [5, 5.41) is 0. The second-order valence-electron chi connectivity index (χ2n) is 6.31. The minimum absolute atomic E-state index is 0.189. The summed E-state index contributed by atoms with van der Waals surface area (Å²) in [6.07, 6.45) is 25.7. The lowest BCUT2D eigenvalue weighted by atomic mass is 10.1. The zero-order chi connectivity index (χ0) is 17.0. The van der Waals surface area contributed by atoms with E-state index in [1.807, 2.05) is 0 Å². The number of ether oxygens (including phenoxy) is 1. The van der Waals surface area contributed by atoms with Gasteiger partial charge in [0.15, 0.2) is 0 Å². The van der Waals surface area contributed by atoms with Crippen LogP contribution < -0.4 is 0 Å². The topological polar surface area (TPSA) is 26.3 Å². The highest BCUT2D eigenvalue weighted by molar-refractivity contribution is 5.65. The van der Waals surface area contributed by atoms with Crippen molar-refractivity contribution >= 4 is 5.97 Å². The van der Waals surface area contributed by atoms with E-state index in [9.17, 15) is 4.79 Å². The van der Waals surface area contributed by atoms with Crippen molar-refractivity contribution in [2.24, 2.45) is 0 Å². The van der Waals surface area contributed by atoms with Gasteiger partial charge in [0.2, 0.25) is 0 Å². The fourth-order valence-electron chi connectivity index (χ4n) is 2.52. The smallest absolute Gasteiger partial charge is 0.302 e. The van der Waals surface area contributed by atoms with Gasteiger partial charge in [-0.05, 0) is 25.7 Å². The molecular formula is C21H38O2. The quantitative estimate of drug-likeness (QED) is 0.178. The van der Waals surface area contributed by atoms with Crippen LogP contribution in [0, 0.1) is 0 Å². The molecule has 0 amide bonds. The van der Waals surface area contributed by atoms with Crippen molar-refractivity contribution in [3.05, 3.63) is 24.3 Å². The van der Waals surface area contributed by atoms with Gasteiger partial charge in [-0.1, -0.05) is 89.0 Å². The Labute approximate surface area is 144 Å². The maximum Gasteiger partial charge on any atom is 0.302 e. The van der Waals surface area contributed by atoms with Crippen LogP contribution >= 0.6 is 0 Å². The van der Waals surface area contributed by atoms with Gasteiger partial charge in [-0.25, -0.2) is 0 Å². The van der Waals surface area contributed by atoms with Gasteiger partial charge in [-0.3, -0.25) is 4.79 Å². The maximum absolute atomic E-state index is 10.6. The summed E-state index contributed by atoms with van der Waals surface area (Å²) in [5.74, 6) is -0.189. The van der Waals surface area contributed by atoms with Crippen molar-refractivity contribution in [1.29, 1.82) is 0 Å². The van der Waals surface area contributed by atoms with Gasteiger partial charge in [0.1, 0.15) is 0 Å². The molecule has 2 nitrogen and oxygen atoms in total. The lowest BCUT2D eigenvalue weighted by Crippen LogP contribution is -1.99. The molecule has 2 heteroatoms. The molecule has 0 aromatic heterocycles. The average Bonchev–Trinajstić information content (AvgIpc) is 2.53. The van der Waals surface area contributed by atoms with E-state index in [1.165, 1.54) is 77.6 Å². The van der Waals surface area contributed by atoms with Gasteiger partial charge in [0.05, 0.1) is 6.61 Å². The van der Waals surface area contributed by atoms with Gasteiger partial charge in [-0.15, -0.1) is 0 Å². The molecule has 0 saturated heterocycles. The van der Waals surface area contributed by atoms with Crippen molar-refractivity contribution in [3.8, 4) is 0 Å². The van der Waals surface area contributed by atoms with Crippen molar-refractivity contribution in [2.45, 2.75) is 97.3 Å². The zero-order valence-electron chi connectivity index (χ0n) is 15.5. The molecule has 0 rings (SSSR count). The summed E-state index contributed by atoms with van der Waals surface area (Å²) in [6, 6.07) is 0. The van der Waals surface area contributed by atoms with E-state index in [1.54, 1.807) is 0 Å². The highest BCUT2D eigenvalue weighted by atomic mass is 16.5. The van der Waals surface area contributed by atoms with Crippen LogP contribution in [0.5, 0.6) is 0 Å². The largest absolute Gasteiger partial charge is 0.466 e. The Kier molecular flexibility index (Phi) is 18.1. The number of hydrogen-bond donors (Lipinski definition) is 0. The summed E-state index contributed by atoms with van der Waals surface area (Å²) in [5.41, 5.74) is 0. The number of rotatable bonds is 16. The molecule has 0 aliphatic rings. The number of allylic oxidation sites excluding steroid dienone is 4. The van der Waals surface area contributed by atoms with Crippen LogP contribution in [0.25, 0.3) is 0 Å². The van der Waals surface area contributed by atoms with Crippen LogP contribution in [-0.2, 0) is 9.53 Å². The third-order valence-corrected chi connectivity index (χ3v) is 3.93. The molecule has 0 fully saturated rings. The first-order chi connectivity index (χ1) is 11.3. The molecule has 0 heterocycles. The zero-order valence-corrected chi connectivity index (χ0v) is 15.5. The Morgan fingerprint density at radius 3 is 1.74 bits per heavy atom. The van der Waals surface area contributed by atoms with Crippen LogP contribution in [0.3, 0.4) is 0 Å². The number of unbranched alkanes of at least 4 members (excludes halogenated alkanes) is 11. The minimum atomic E-state index is -0.189. The molecule has 0 aromatic rings. The fourth-order valence-corrected chi connectivity index (χ4v) is 2.52. The summed E-state index contributed by atoms with van der Waals surface area (Å²) >= 11 is 0. The molecule has 0 saturated carbocycles. The highest BCUT2D eigenvalue weighted by Gasteiger charge is 1.92. The van der Waals surface area contributed by atoms with Crippen LogP contribution in [-0.4, -0.2) is 12.6 Å². The molecule has 0 aromatic carbocycles. The number of carbonyl (C=O) groups excluding carboxylic acids is 1. The molecule has 134 valence electrons. The first-order valence-electron chi connectivity index (χ1n) is 9.72. The second-order valence-corrected chi connectivity index (χ2v) is 6.31. The van der Waals surface area contributed by atoms with E-state index in [0.717, 1.165) is 12.8 Å². The molecule has 23 heavy (non-hydrogen) atoms. The molecule has 0 aliphatic heterocycles. The summed E-state index contributed by atoms with van der Waals surface area (Å²) in [6.45, 7) is 4.25. The van der Waals surface area contributed by atoms with Gasteiger partial charge in [-0.2, -0.15) is 0 Å². The van der Waals surface area contributed by atoms with Gasteiger partial charge in [0, 0.05) is 6.92 Å². The van der Waals surface area contributed by atoms with Gasteiger partial charge in [0.25, 0.3) is 0 Å². The molecular weight excluding hydrogens is 284 g/mol. The van der Waals surface area contributed by atoms with E-state index in [4.69, 9.17) is 4.74 Å². The average molecular weight is 323 g/mol. The fraction of sp³-hybridized carbons (Fsp3) is 0.762. The van der Waals surface area contributed by atoms with Crippen LogP contribution in [0.1, 0.15) is 97.3 Å². The molecule has 0 radical (unpaired) electrons. The Morgan fingerprint density at radius 2 is 1.22 bits per heavy atom. The molecule has 0 N–H and O–H groups in total.